The van der Waals surface area contributed by atoms with E-state index in [1.54, 1.807) is 0 Å². The van der Waals surface area contributed by atoms with Gasteiger partial charge in [0.15, 0.2) is 5.78 Å². The van der Waals surface area contributed by atoms with Crippen LogP contribution in [0.25, 0.3) is 111 Å². The molecule has 14 aromatic rings. The number of aryl methyl sites for hydroxylation is 2. The van der Waals surface area contributed by atoms with Gasteiger partial charge in [-0.2, -0.15) is 0 Å². The summed E-state index contributed by atoms with van der Waals surface area (Å²) in [6.07, 6.45) is 7.02. The first-order valence-corrected chi connectivity index (χ1v) is 36.2. The summed E-state index contributed by atoms with van der Waals surface area (Å²) >= 11 is 0. The van der Waals surface area contributed by atoms with Crippen LogP contribution in [0.15, 0.2) is 291 Å². The first-order valence-electron chi connectivity index (χ1n) is 36.2. The fourth-order valence-corrected chi connectivity index (χ4v) is 16.2. The molecule has 2 heterocycles. The molecule has 4 nitrogen and oxygen atoms in total. The zero-order chi connectivity index (χ0) is 72.0. The average Bonchev–Trinajstić information content (AvgIpc) is 1.58. The molecule has 18 rings (SSSR count). The molecule has 0 aliphatic heterocycles. The first-order chi connectivity index (χ1) is 49.7. The fraction of sp³-hybridized carbons (Fsp3) is 0.182. The van der Waals surface area contributed by atoms with Gasteiger partial charge in [0, 0.05) is 60.2 Å². The Balaban J connectivity index is 0.000000124. The third-order valence-electron chi connectivity index (χ3n) is 21.8. The predicted octanol–water partition coefficient (Wildman–Crippen LogP) is 25.5. The molecular formula is C99H88IrN2O2-2. The summed E-state index contributed by atoms with van der Waals surface area (Å²) < 4.78 is 0. The van der Waals surface area contributed by atoms with Crippen LogP contribution in [0.1, 0.15) is 139 Å². The molecule has 1 radical (unpaired) electrons. The van der Waals surface area contributed by atoms with Crippen molar-refractivity contribution in [2.24, 2.45) is 0 Å². The van der Waals surface area contributed by atoms with E-state index in [4.69, 9.17) is 5.11 Å². The van der Waals surface area contributed by atoms with Gasteiger partial charge >= 0.3 is 0 Å². The summed E-state index contributed by atoms with van der Waals surface area (Å²) in [6, 6.07) is 103. The molecule has 12 aromatic carbocycles. The number of rotatable bonds is 7. The predicted molar refractivity (Wildman–Crippen MR) is 432 cm³/mol. The molecule has 0 atom stereocenters. The van der Waals surface area contributed by atoms with Crippen LogP contribution in [0.2, 0.25) is 0 Å². The summed E-state index contributed by atoms with van der Waals surface area (Å²) in [5.74, 6) is -0.0625. The van der Waals surface area contributed by atoms with Crippen molar-refractivity contribution >= 4 is 27.3 Å². The Bertz CT molecular complexity index is 5250. The van der Waals surface area contributed by atoms with Crippen LogP contribution in [0, 0.1) is 12.1 Å². The van der Waals surface area contributed by atoms with E-state index in [0.29, 0.717) is 0 Å². The molecular weight excluding hydrogens is 1440 g/mol. The molecule has 1 N–H and O–H groups in total. The van der Waals surface area contributed by atoms with Crippen molar-refractivity contribution in [3.63, 3.8) is 0 Å². The molecule has 0 spiro atoms. The van der Waals surface area contributed by atoms with Gasteiger partial charge in [-0.15, -0.1) is 71.8 Å². The molecule has 0 bridgehead atoms. The molecule has 0 fully saturated rings. The Morgan fingerprint density at radius 3 is 0.971 bits per heavy atom. The number of hydrogen-bond acceptors (Lipinski definition) is 4. The maximum absolute atomic E-state index is 10.0. The van der Waals surface area contributed by atoms with E-state index in [-0.39, 0.29) is 53.3 Å². The number of carbonyl (C=O) groups is 1. The number of pyridine rings is 2. The van der Waals surface area contributed by atoms with Gasteiger partial charge in [-0.25, -0.2) is 0 Å². The van der Waals surface area contributed by atoms with E-state index in [2.05, 4.69) is 273 Å². The second-order valence-electron chi connectivity index (χ2n) is 29.8. The molecule has 4 aliphatic rings. The van der Waals surface area contributed by atoms with Gasteiger partial charge < -0.3 is 15.1 Å². The largest absolute Gasteiger partial charge is 0.512 e. The van der Waals surface area contributed by atoms with E-state index < -0.39 is 0 Å². The second-order valence-corrected chi connectivity index (χ2v) is 29.8. The van der Waals surface area contributed by atoms with Crippen molar-refractivity contribution in [3.05, 3.63) is 359 Å². The molecule has 517 valence electrons. The normalized spacial score (nSPS) is 14.0. The van der Waals surface area contributed by atoms with E-state index in [1.165, 1.54) is 164 Å². The Morgan fingerprint density at radius 1 is 0.356 bits per heavy atom. The van der Waals surface area contributed by atoms with Crippen molar-refractivity contribution in [1.29, 1.82) is 0 Å². The van der Waals surface area contributed by atoms with Gasteiger partial charge in [0.05, 0.1) is 5.76 Å². The Labute approximate surface area is 628 Å². The van der Waals surface area contributed by atoms with Crippen LogP contribution in [0.3, 0.4) is 0 Å². The van der Waals surface area contributed by atoms with E-state index >= 15 is 0 Å². The van der Waals surface area contributed by atoms with Gasteiger partial charge in [-0.3, -0.25) is 4.79 Å². The minimum Gasteiger partial charge on any atom is -0.512 e. The molecule has 0 saturated heterocycles. The summed E-state index contributed by atoms with van der Waals surface area (Å²) in [6.45, 7) is 26.3. The number of aliphatic hydroxyl groups excluding tert-OH is 1. The van der Waals surface area contributed by atoms with Gasteiger partial charge in [0.1, 0.15) is 0 Å². The monoisotopic (exact) mass is 1530 g/mol. The fourth-order valence-electron chi connectivity index (χ4n) is 16.2. The van der Waals surface area contributed by atoms with Crippen molar-refractivity contribution in [3.8, 4) is 89.3 Å². The third-order valence-corrected chi connectivity index (χ3v) is 21.8. The van der Waals surface area contributed by atoms with Crippen LogP contribution in [0.4, 0.5) is 0 Å². The standard InChI is InChI=1S/2C32H30.2C15H10N.C5H8O2.Ir/c2*1-6-20-11-14-24-26-16-13-22(19-30(26)32(4,5)28(24)17-20)21-12-15-25-23-9-7-8-10-27(23)31(2,3)29(25)18-21;2*1-2-7-13(8-3-1)15-14-9-5-4-6-12(14)10-11-16-15;1-4(6)3-5(2)7;/h2*7-19H,6H2,1-5H3;2*1-7,9-11H;3,6H,1-2H3;/q;;2*-1;;. The topological polar surface area (TPSA) is 63.1 Å². The molecule has 104 heavy (non-hydrogen) atoms. The van der Waals surface area contributed by atoms with Crippen LogP contribution in [0.5, 0.6) is 0 Å². The number of ketones is 1. The maximum atomic E-state index is 10.0. The number of allylic oxidation sites excluding steroid dienone is 2. The number of carbonyl (C=O) groups excluding carboxylic acids is 1. The number of aromatic nitrogens is 2. The van der Waals surface area contributed by atoms with Crippen molar-refractivity contribution in [2.45, 2.75) is 118 Å². The Kier molecular flexibility index (Phi) is 20.1. The van der Waals surface area contributed by atoms with Crippen LogP contribution in [-0.2, 0) is 59.4 Å². The zero-order valence-corrected chi connectivity index (χ0v) is 64.0. The molecule has 2 aromatic heterocycles. The summed E-state index contributed by atoms with van der Waals surface area (Å²) in [5.41, 5.74) is 35.0. The van der Waals surface area contributed by atoms with Gasteiger partial charge in [-0.1, -0.05) is 251 Å². The number of hydrogen-bond donors (Lipinski definition) is 1. The second kappa shape index (κ2) is 29.2. The maximum Gasteiger partial charge on any atom is 0.155 e. The molecule has 0 saturated carbocycles. The smallest absolute Gasteiger partial charge is 0.155 e. The van der Waals surface area contributed by atoms with Gasteiger partial charge in [0.25, 0.3) is 0 Å². The van der Waals surface area contributed by atoms with Crippen LogP contribution in [-0.4, -0.2) is 20.9 Å². The SMILES string of the molecule is CC(=O)C=C(C)O.CCc1ccc2c(c1)C(C)(C)c1cc(-c3ccc4c(c3)C(C)(C)c3ccccc3-4)ccc1-2.CCc1ccc2c(c1)C(C)(C)c1cc(-c3ccc4c(c3)C(C)(C)c3ccccc3-4)ccc1-2.[Ir].[c-]1ccccc1-c1nccc2ccccc12.[c-]1ccccc1-c1nccc2ccccc12. The average molecular weight is 1530 g/mol. The van der Waals surface area contributed by atoms with Crippen molar-refractivity contribution in [2.75, 3.05) is 0 Å². The summed E-state index contributed by atoms with van der Waals surface area (Å²) in [4.78, 5) is 18.9. The number of aliphatic hydroxyl groups is 1. The zero-order valence-electron chi connectivity index (χ0n) is 61.6. The molecule has 4 aliphatic carbocycles. The third kappa shape index (κ3) is 13.5. The van der Waals surface area contributed by atoms with E-state index in [9.17, 15) is 4.79 Å². The minimum absolute atomic E-state index is 0. The van der Waals surface area contributed by atoms with Crippen LogP contribution >= 0.6 is 0 Å². The Hall–Kier alpha value is -10.7. The number of fused-ring (bicyclic) bond motifs is 14. The Morgan fingerprint density at radius 2 is 0.654 bits per heavy atom. The van der Waals surface area contributed by atoms with Crippen LogP contribution < -0.4 is 0 Å². The first kappa shape index (κ1) is 71.7. The van der Waals surface area contributed by atoms with Crippen molar-refractivity contribution in [1.82, 2.24) is 9.97 Å². The number of nitrogens with zero attached hydrogens (tertiary/aromatic N) is 2. The quantitative estimate of drug-likeness (QED) is 0.0981. The summed E-state index contributed by atoms with van der Waals surface area (Å²) in [5, 5.41) is 13.1. The van der Waals surface area contributed by atoms with Crippen molar-refractivity contribution < 1.29 is 30.0 Å². The molecule has 5 heteroatoms. The van der Waals surface area contributed by atoms with Gasteiger partial charge in [0.2, 0.25) is 0 Å². The molecule has 0 amide bonds. The number of benzene rings is 12. The van der Waals surface area contributed by atoms with E-state index in [1.807, 2.05) is 97.3 Å². The minimum atomic E-state index is -0.125. The summed E-state index contributed by atoms with van der Waals surface area (Å²) in [7, 11) is 0. The van der Waals surface area contributed by atoms with Gasteiger partial charge in [-0.05, 0) is 218 Å². The molecule has 0 unspecified atom stereocenters. The van der Waals surface area contributed by atoms with E-state index in [0.717, 1.165) is 35.4 Å².